The first-order valence-electron chi connectivity index (χ1n) is 9.31. The smallest absolute Gasteiger partial charge is 0.251 e. The van der Waals surface area contributed by atoms with Crippen LogP contribution in [0.5, 0.6) is 0 Å². The molecule has 1 aromatic carbocycles. The van der Waals surface area contributed by atoms with Gasteiger partial charge in [0.05, 0.1) is 15.6 Å². The molecule has 1 atom stereocenters. The maximum absolute atomic E-state index is 12.6. The van der Waals surface area contributed by atoms with Crippen LogP contribution in [0.15, 0.2) is 18.2 Å². The molecular weight excluding hydrogens is 403 g/mol. The fraction of sp³-hybridized carbons (Fsp3) is 0.650. The zero-order chi connectivity index (χ0) is 20.5. The van der Waals surface area contributed by atoms with Gasteiger partial charge < -0.3 is 9.87 Å². The lowest BCUT2D eigenvalue weighted by molar-refractivity contribution is 0.0243. The summed E-state index contributed by atoms with van der Waals surface area (Å²) in [5.74, 6) is -0.160. The molecular formula is C20H30Cl2N2O2S. The van der Waals surface area contributed by atoms with Crippen LogP contribution in [0.25, 0.3) is 0 Å². The van der Waals surface area contributed by atoms with E-state index >= 15 is 0 Å². The van der Waals surface area contributed by atoms with Crippen LogP contribution >= 0.6 is 23.2 Å². The van der Waals surface area contributed by atoms with Gasteiger partial charge in [0.25, 0.3) is 5.91 Å². The van der Waals surface area contributed by atoms with Crippen LogP contribution in [0.2, 0.25) is 10.0 Å². The van der Waals surface area contributed by atoms with E-state index in [0.29, 0.717) is 22.2 Å². The van der Waals surface area contributed by atoms with Gasteiger partial charge in [-0.05, 0) is 77.5 Å². The van der Waals surface area contributed by atoms with Crippen LogP contribution in [0, 0.1) is 5.41 Å². The van der Waals surface area contributed by atoms with Gasteiger partial charge in [-0.2, -0.15) is 0 Å². The highest BCUT2D eigenvalue weighted by atomic mass is 35.5. The Labute approximate surface area is 176 Å². The molecule has 2 rings (SSSR count). The normalized spacial score (nSPS) is 17.9. The maximum Gasteiger partial charge on any atom is 0.251 e. The summed E-state index contributed by atoms with van der Waals surface area (Å²) in [6.45, 7) is 10.7. The summed E-state index contributed by atoms with van der Waals surface area (Å²) in [7, 11) is 0. The molecule has 0 aromatic heterocycles. The van der Waals surface area contributed by atoms with E-state index in [1.807, 2.05) is 20.8 Å². The Balaban J connectivity index is 1.97. The Hall–Kier alpha value is -0.460. The van der Waals surface area contributed by atoms with Crippen LogP contribution in [-0.4, -0.2) is 27.3 Å². The summed E-state index contributed by atoms with van der Waals surface area (Å²) in [6, 6.07) is 4.87. The lowest BCUT2D eigenvalue weighted by atomic mass is 9.57. The number of hydrogen-bond acceptors (Lipinski definition) is 3. The molecule has 1 aliphatic rings. The van der Waals surface area contributed by atoms with E-state index in [1.54, 1.807) is 18.2 Å². The molecule has 152 valence electrons. The standard InChI is InChI=1S/C20H30Cl2N2O2S/c1-18(2,3)27(26)24-19(4,5)20(9-6-10-20)11-12-23-17(25)14-7-8-15(21)16(22)13-14/h7-8,13,24H,6,9-12H2,1-5H3,(H,23,25). The Morgan fingerprint density at radius 3 is 2.30 bits per heavy atom. The Morgan fingerprint density at radius 2 is 1.81 bits per heavy atom. The van der Waals surface area contributed by atoms with Gasteiger partial charge in [-0.25, -0.2) is 0 Å². The molecule has 0 aliphatic heterocycles. The van der Waals surface area contributed by atoms with Gasteiger partial charge >= 0.3 is 0 Å². The average molecular weight is 433 g/mol. The first-order valence-corrected chi connectivity index (χ1v) is 11.2. The minimum Gasteiger partial charge on any atom is -0.598 e. The lowest BCUT2D eigenvalue weighted by Gasteiger charge is -2.53. The third-order valence-corrected chi connectivity index (χ3v) is 8.16. The van der Waals surface area contributed by atoms with E-state index < -0.39 is 11.4 Å². The van der Waals surface area contributed by atoms with E-state index in [1.165, 1.54) is 0 Å². The Bertz CT molecular complexity index is 685. The second-order valence-electron chi connectivity index (χ2n) is 8.88. The van der Waals surface area contributed by atoms with Crippen molar-refractivity contribution in [2.75, 3.05) is 6.54 Å². The first kappa shape index (κ1) is 22.8. The highest BCUT2D eigenvalue weighted by molar-refractivity contribution is 7.90. The highest BCUT2D eigenvalue weighted by Crippen LogP contribution is 2.52. The molecule has 1 aromatic rings. The minimum absolute atomic E-state index is 0.0266. The Kier molecular flexibility index (Phi) is 7.18. The zero-order valence-electron chi connectivity index (χ0n) is 16.7. The van der Waals surface area contributed by atoms with Crippen molar-refractivity contribution in [2.45, 2.75) is 70.6 Å². The topological polar surface area (TPSA) is 64.2 Å². The number of amides is 1. The van der Waals surface area contributed by atoms with Crippen molar-refractivity contribution in [1.82, 2.24) is 10.0 Å². The fourth-order valence-corrected chi connectivity index (χ4v) is 4.72. The van der Waals surface area contributed by atoms with Crippen LogP contribution in [0.1, 0.15) is 70.7 Å². The van der Waals surface area contributed by atoms with Gasteiger partial charge in [-0.15, -0.1) is 4.72 Å². The zero-order valence-corrected chi connectivity index (χ0v) is 19.1. The molecule has 2 N–H and O–H groups in total. The van der Waals surface area contributed by atoms with Crippen LogP contribution in [0.3, 0.4) is 0 Å². The van der Waals surface area contributed by atoms with Gasteiger partial charge in [0.15, 0.2) is 0 Å². The van der Waals surface area contributed by atoms with Crippen molar-refractivity contribution in [2.24, 2.45) is 5.41 Å². The molecule has 0 bridgehead atoms. The third kappa shape index (κ3) is 5.33. The molecule has 0 radical (unpaired) electrons. The summed E-state index contributed by atoms with van der Waals surface area (Å²) in [5.41, 5.74) is 0.245. The summed E-state index contributed by atoms with van der Waals surface area (Å²) < 4.78 is 15.6. The fourth-order valence-electron chi connectivity index (χ4n) is 3.44. The van der Waals surface area contributed by atoms with Crippen molar-refractivity contribution in [1.29, 1.82) is 0 Å². The highest BCUT2D eigenvalue weighted by Gasteiger charge is 2.52. The van der Waals surface area contributed by atoms with Crippen molar-refractivity contribution in [3.05, 3.63) is 33.8 Å². The Morgan fingerprint density at radius 1 is 1.19 bits per heavy atom. The molecule has 0 spiro atoms. The number of carbonyl (C=O) groups is 1. The number of benzene rings is 1. The number of carbonyl (C=O) groups excluding carboxylic acids is 1. The maximum atomic E-state index is 12.6. The van der Waals surface area contributed by atoms with E-state index in [9.17, 15) is 9.35 Å². The van der Waals surface area contributed by atoms with E-state index in [0.717, 1.165) is 25.7 Å². The van der Waals surface area contributed by atoms with Gasteiger partial charge in [0, 0.05) is 23.5 Å². The largest absolute Gasteiger partial charge is 0.598 e. The summed E-state index contributed by atoms with van der Waals surface area (Å²) in [4.78, 5) is 12.4. The quantitative estimate of drug-likeness (QED) is 0.587. The predicted molar refractivity (Wildman–Crippen MR) is 115 cm³/mol. The van der Waals surface area contributed by atoms with E-state index in [-0.39, 0.29) is 21.6 Å². The van der Waals surface area contributed by atoms with Crippen LogP contribution in [-0.2, 0) is 11.4 Å². The molecule has 1 fully saturated rings. The average Bonchev–Trinajstić information content (AvgIpc) is 2.50. The second kappa shape index (κ2) is 8.50. The number of rotatable bonds is 7. The third-order valence-electron chi connectivity index (χ3n) is 5.61. The predicted octanol–water partition coefficient (Wildman–Crippen LogP) is 5.11. The van der Waals surface area contributed by atoms with E-state index in [4.69, 9.17) is 23.2 Å². The number of hydrogen-bond donors (Lipinski definition) is 2. The molecule has 1 amide bonds. The van der Waals surface area contributed by atoms with Crippen molar-refractivity contribution >= 4 is 40.5 Å². The molecule has 1 unspecified atom stereocenters. The number of nitrogens with one attached hydrogen (secondary N) is 2. The number of halogens is 2. The van der Waals surface area contributed by atoms with Gasteiger partial charge in [0.1, 0.15) is 4.75 Å². The summed E-state index contributed by atoms with van der Waals surface area (Å²) in [5, 5.41) is 3.78. The molecule has 4 nitrogen and oxygen atoms in total. The molecule has 27 heavy (non-hydrogen) atoms. The molecule has 0 saturated heterocycles. The lowest BCUT2D eigenvalue weighted by Crippen LogP contribution is -2.61. The second-order valence-corrected chi connectivity index (χ2v) is 11.7. The minimum atomic E-state index is -1.13. The SMILES string of the molecule is CC(C)(C)[S+]([O-])NC(C)(C)C1(CCNC(=O)c2ccc(Cl)c(Cl)c2)CCC1. The molecule has 1 aliphatic carbocycles. The molecule has 7 heteroatoms. The van der Waals surface area contributed by atoms with Crippen LogP contribution < -0.4 is 10.0 Å². The van der Waals surface area contributed by atoms with Crippen molar-refractivity contribution in [3.63, 3.8) is 0 Å². The van der Waals surface area contributed by atoms with Crippen molar-refractivity contribution in [3.8, 4) is 0 Å². The summed E-state index contributed by atoms with van der Waals surface area (Å²) in [6.07, 6.45) is 4.13. The summed E-state index contributed by atoms with van der Waals surface area (Å²) >= 11 is 10.8. The molecule has 1 saturated carbocycles. The van der Waals surface area contributed by atoms with Crippen molar-refractivity contribution < 1.29 is 9.35 Å². The molecule has 0 heterocycles. The van der Waals surface area contributed by atoms with Gasteiger partial charge in [0.2, 0.25) is 0 Å². The van der Waals surface area contributed by atoms with E-state index in [2.05, 4.69) is 23.9 Å². The van der Waals surface area contributed by atoms with Gasteiger partial charge in [-0.3, -0.25) is 4.79 Å². The monoisotopic (exact) mass is 432 g/mol. The van der Waals surface area contributed by atoms with Gasteiger partial charge in [-0.1, -0.05) is 29.6 Å². The van der Waals surface area contributed by atoms with Crippen LogP contribution in [0.4, 0.5) is 0 Å². The first-order chi connectivity index (χ1) is 12.4.